The molecule has 2 aliphatic rings. The topological polar surface area (TPSA) is 66.5 Å². The number of benzene rings is 1. The summed E-state index contributed by atoms with van der Waals surface area (Å²) >= 11 is 0. The number of amides is 3. The van der Waals surface area contributed by atoms with Crippen LogP contribution in [0.5, 0.6) is 0 Å². The molecule has 3 amide bonds. The Morgan fingerprint density at radius 2 is 1.71 bits per heavy atom. The zero-order valence-corrected chi connectivity index (χ0v) is 13.8. The summed E-state index contributed by atoms with van der Waals surface area (Å²) in [5.74, 6) is -0.453. The van der Waals surface area contributed by atoms with Crippen molar-refractivity contribution in [2.24, 2.45) is 0 Å². The van der Waals surface area contributed by atoms with E-state index in [0.29, 0.717) is 12.0 Å². The van der Waals surface area contributed by atoms with Crippen LogP contribution < -0.4 is 5.32 Å². The molecule has 1 heterocycles. The molecule has 1 atom stereocenters. The molecule has 1 aliphatic heterocycles. The first-order valence-electron chi connectivity index (χ1n) is 8.07. The van der Waals surface area contributed by atoms with Crippen LogP contribution in [0.25, 0.3) is 0 Å². The summed E-state index contributed by atoms with van der Waals surface area (Å²) in [5.41, 5.74) is 3.48. The number of carbonyl (C=O) groups excluding carboxylic acids is 3. The quantitative estimate of drug-likeness (QED) is 0.869. The lowest BCUT2D eigenvalue weighted by Crippen LogP contribution is -2.38. The van der Waals surface area contributed by atoms with Gasteiger partial charge in [-0.25, -0.2) is 0 Å². The molecule has 124 valence electrons. The number of hydrogen-bond acceptors (Lipinski definition) is 3. The number of aryl methyl sites for hydroxylation is 2. The van der Waals surface area contributed by atoms with Gasteiger partial charge in [-0.05, 0) is 43.5 Å². The Labute approximate surface area is 141 Å². The second-order valence-corrected chi connectivity index (χ2v) is 6.31. The number of likely N-dealkylation sites (tertiary alicyclic amines) is 1. The van der Waals surface area contributed by atoms with Crippen molar-refractivity contribution in [3.05, 3.63) is 53.1 Å². The Bertz CT molecular complexity index is 741. The third-order valence-electron chi connectivity index (χ3n) is 4.24. The fraction of sp³-hybridized carbons (Fsp3) is 0.316. The fourth-order valence-corrected chi connectivity index (χ4v) is 3.18. The largest absolute Gasteiger partial charge is 0.322 e. The second kappa shape index (κ2) is 6.43. The lowest BCUT2D eigenvalue weighted by molar-refractivity contribution is -0.139. The summed E-state index contributed by atoms with van der Waals surface area (Å²) in [6.45, 7) is 3.97. The Hall–Kier alpha value is -2.69. The van der Waals surface area contributed by atoms with Crippen LogP contribution >= 0.6 is 0 Å². The van der Waals surface area contributed by atoms with Crippen LogP contribution in [0.15, 0.2) is 42.0 Å². The number of rotatable bonds is 3. The maximum absolute atomic E-state index is 12.4. The normalized spacial score (nSPS) is 20.3. The molecule has 1 aliphatic carbocycles. The summed E-state index contributed by atoms with van der Waals surface area (Å²) in [4.78, 5) is 37.2. The Balaban J connectivity index is 1.67. The van der Waals surface area contributed by atoms with Crippen molar-refractivity contribution >= 4 is 23.4 Å². The van der Waals surface area contributed by atoms with E-state index in [1.807, 2.05) is 32.0 Å². The molecule has 5 heteroatoms. The van der Waals surface area contributed by atoms with E-state index in [-0.39, 0.29) is 36.6 Å². The molecule has 5 nitrogen and oxygen atoms in total. The van der Waals surface area contributed by atoms with Gasteiger partial charge < -0.3 is 5.32 Å². The Kier molecular flexibility index (Phi) is 4.34. The van der Waals surface area contributed by atoms with E-state index in [4.69, 9.17) is 0 Å². The number of anilines is 1. The van der Waals surface area contributed by atoms with E-state index in [9.17, 15) is 14.4 Å². The van der Waals surface area contributed by atoms with Gasteiger partial charge in [-0.2, -0.15) is 0 Å². The van der Waals surface area contributed by atoms with Crippen molar-refractivity contribution in [3.63, 3.8) is 0 Å². The summed E-state index contributed by atoms with van der Waals surface area (Å²) in [6, 6.07) is 5.61. The molecule has 1 aromatic rings. The number of nitrogens with zero attached hydrogens (tertiary/aromatic N) is 1. The van der Waals surface area contributed by atoms with E-state index in [1.165, 1.54) is 4.90 Å². The molecule has 1 aromatic carbocycles. The highest BCUT2D eigenvalue weighted by atomic mass is 16.2. The molecule has 0 spiro atoms. The summed E-state index contributed by atoms with van der Waals surface area (Å²) in [6.07, 6.45) is 6.27. The third kappa shape index (κ3) is 3.30. The van der Waals surface area contributed by atoms with E-state index < -0.39 is 0 Å². The van der Waals surface area contributed by atoms with Crippen LogP contribution in [-0.2, 0) is 14.4 Å². The van der Waals surface area contributed by atoms with Gasteiger partial charge in [0.1, 0.15) is 0 Å². The molecule has 1 N–H and O–H groups in total. The second-order valence-electron chi connectivity index (χ2n) is 6.31. The summed E-state index contributed by atoms with van der Waals surface area (Å²) in [5, 5.41) is 2.89. The standard InChI is InChI=1S/C19H20N2O3/c1-12-9-13(2)11-15(10-12)20-19(24)14-3-5-16(6-4-14)21-17(22)7-8-18(21)23/h3-5,9-11,16H,6-8H2,1-2H3,(H,20,24)/t16-/m0/s1. The lowest BCUT2D eigenvalue weighted by atomic mass is 10.0. The van der Waals surface area contributed by atoms with E-state index in [1.54, 1.807) is 18.2 Å². The highest BCUT2D eigenvalue weighted by molar-refractivity contribution is 6.06. The number of carbonyl (C=O) groups is 3. The van der Waals surface area contributed by atoms with Crippen LogP contribution in [0.4, 0.5) is 5.69 Å². The molecule has 24 heavy (non-hydrogen) atoms. The zero-order valence-electron chi connectivity index (χ0n) is 13.8. The maximum atomic E-state index is 12.4. The van der Waals surface area contributed by atoms with Crippen LogP contribution in [0.2, 0.25) is 0 Å². The van der Waals surface area contributed by atoms with E-state index >= 15 is 0 Å². The third-order valence-corrected chi connectivity index (χ3v) is 4.24. The predicted molar refractivity (Wildman–Crippen MR) is 91.3 cm³/mol. The maximum Gasteiger partial charge on any atom is 0.255 e. The molecule has 0 bridgehead atoms. The highest BCUT2D eigenvalue weighted by Gasteiger charge is 2.34. The lowest BCUT2D eigenvalue weighted by Gasteiger charge is -2.24. The van der Waals surface area contributed by atoms with Gasteiger partial charge in [-0.3, -0.25) is 19.3 Å². The van der Waals surface area contributed by atoms with Crippen LogP contribution in [-0.4, -0.2) is 28.7 Å². The van der Waals surface area contributed by atoms with Crippen molar-refractivity contribution < 1.29 is 14.4 Å². The first-order valence-corrected chi connectivity index (χ1v) is 8.07. The van der Waals surface area contributed by atoms with E-state index in [0.717, 1.165) is 16.8 Å². The highest BCUT2D eigenvalue weighted by Crippen LogP contribution is 2.23. The van der Waals surface area contributed by atoms with Crippen LogP contribution in [0.3, 0.4) is 0 Å². The minimum Gasteiger partial charge on any atom is -0.322 e. The zero-order chi connectivity index (χ0) is 17.3. The first kappa shape index (κ1) is 16.2. The number of nitrogens with one attached hydrogen (secondary N) is 1. The molecular weight excluding hydrogens is 304 g/mol. The molecule has 0 aromatic heterocycles. The van der Waals surface area contributed by atoms with Crippen molar-refractivity contribution in [1.29, 1.82) is 0 Å². The van der Waals surface area contributed by atoms with Gasteiger partial charge in [0.15, 0.2) is 0 Å². The first-order chi connectivity index (χ1) is 11.4. The van der Waals surface area contributed by atoms with Gasteiger partial charge in [0.25, 0.3) is 5.91 Å². The average molecular weight is 324 g/mol. The average Bonchev–Trinajstić information content (AvgIpc) is 2.85. The van der Waals surface area contributed by atoms with Crippen molar-refractivity contribution in [1.82, 2.24) is 4.90 Å². The van der Waals surface area contributed by atoms with Gasteiger partial charge >= 0.3 is 0 Å². The SMILES string of the molecule is Cc1cc(C)cc(NC(=O)C2=CC[C@@H](N3C(=O)CCC3=O)C=C2)c1. The molecule has 1 fully saturated rings. The minimum absolute atomic E-state index is 0.133. The van der Waals surface area contributed by atoms with Gasteiger partial charge in [0.2, 0.25) is 11.8 Å². The molecule has 0 saturated carbocycles. The molecule has 0 radical (unpaired) electrons. The molecule has 1 saturated heterocycles. The predicted octanol–water partition coefficient (Wildman–Crippen LogP) is 2.65. The van der Waals surface area contributed by atoms with Crippen molar-refractivity contribution in [2.75, 3.05) is 5.32 Å². The summed E-state index contributed by atoms with van der Waals surface area (Å²) < 4.78 is 0. The van der Waals surface area contributed by atoms with Crippen LogP contribution in [0.1, 0.15) is 30.4 Å². The smallest absolute Gasteiger partial charge is 0.255 e. The van der Waals surface area contributed by atoms with Crippen molar-refractivity contribution in [3.8, 4) is 0 Å². The van der Waals surface area contributed by atoms with E-state index in [2.05, 4.69) is 5.32 Å². The number of hydrogen-bond donors (Lipinski definition) is 1. The van der Waals surface area contributed by atoms with Gasteiger partial charge in [0.05, 0.1) is 6.04 Å². The Morgan fingerprint density at radius 1 is 1.08 bits per heavy atom. The van der Waals surface area contributed by atoms with Gasteiger partial charge in [0, 0.05) is 24.1 Å². The van der Waals surface area contributed by atoms with Gasteiger partial charge in [-0.1, -0.05) is 24.3 Å². The minimum atomic E-state index is -0.273. The van der Waals surface area contributed by atoms with Crippen LogP contribution in [0, 0.1) is 13.8 Å². The van der Waals surface area contributed by atoms with Gasteiger partial charge in [-0.15, -0.1) is 0 Å². The molecule has 3 rings (SSSR count). The Morgan fingerprint density at radius 3 is 2.25 bits per heavy atom. The van der Waals surface area contributed by atoms with Crippen molar-refractivity contribution in [2.45, 2.75) is 39.2 Å². The molecule has 0 unspecified atom stereocenters. The monoisotopic (exact) mass is 324 g/mol. The molecular formula is C19H20N2O3. The summed E-state index contributed by atoms with van der Waals surface area (Å²) in [7, 11) is 0. The fourth-order valence-electron chi connectivity index (χ4n) is 3.18. The number of imide groups is 1.